The Bertz CT molecular complexity index is 585. The molecule has 18 heavy (non-hydrogen) atoms. The van der Waals surface area contributed by atoms with Crippen molar-refractivity contribution in [3.8, 4) is 0 Å². The number of benzene rings is 1. The molecule has 0 saturated carbocycles. The molecule has 1 aromatic carbocycles. The first-order valence-corrected chi connectivity index (χ1v) is 6.33. The zero-order valence-electron chi connectivity index (χ0n) is 9.22. The second-order valence-corrected chi connectivity index (χ2v) is 5.01. The summed E-state index contributed by atoms with van der Waals surface area (Å²) in [6, 6.07) is 6.20. The number of nitrogens with one attached hydrogen (secondary N) is 1. The van der Waals surface area contributed by atoms with Gasteiger partial charge in [-0.2, -0.15) is 0 Å². The standard InChI is InChI=1S/C11H10ClN3O2S/c12-7-1-2-10(15(16)17)9(5-7)14-6-11-8(13)3-4-18-11/h1-5,14H,6,13H2. The first-order valence-electron chi connectivity index (χ1n) is 5.07. The molecule has 1 heterocycles. The highest BCUT2D eigenvalue weighted by Gasteiger charge is 2.14. The monoisotopic (exact) mass is 283 g/mol. The largest absolute Gasteiger partial charge is 0.398 e. The molecule has 0 unspecified atom stereocenters. The molecule has 94 valence electrons. The Morgan fingerprint density at radius 3 is 2.83 bits per heavy atom. The van der Waals surface area contributed by atoms with Crippen LogP contribution in [-0.4, -0.2) is 4.92 Å². The van der Waals surface area contributed by atoms with E-state index in [4.69, 9.17) is 17.3 Å². The van der Waals surface area contributed by atoms with Crippen LogP contribution >= 0.6 is 22.9 Å². The van der Waals surface area contributed by atoms with Crippen LogP contribution in [0.1, 0.15) is 4.88 Å². The molecule has 0 saturated heterocycles. The number of thiophene rings is 1. The molecule has 0 radical (unpaired) electrons. The fourth-order valence-corrected chi connectivity index (χ4v) is 2.39. The third-order valence-electron chi connectivity index (χ3n) is 2.37. The number of hydrogen-bond acceptors (Lipinski definition) is 5. The zero-order valence-corrected chi connectivity index (χ0v) is 10.8. The Balaban J connectivity index is 2.20. The molecule has 0 fully saturated rings. The van der Waals surface area contributed by atoms with Crippen LogP contribution in [0, 0.1) is 10.1 Å². The third kappa shape index (κ3) is 2.72. The smallest absolute Gasteiger partial charge is 0.292 e. The lowest BCUT2D eigenvalue weighted by Gasteiger charge is -2.07. The molecule has 0 aliphatic carbocycles. The summed E-state index contributed by atoms with van der Waals surface area (Å²) in [6.45, 7) is 0.435. The lowest BCUT2D eigenvalue weighted by atomic mass is 10.2. The number of nitrogens with zero attached hydrogens (tertiary/aromatic N) is 1. The summed E-state index contributed by atoms with van der Waals surface area (Å²) >= 11 is 7.33. The van der Waals surface area contributed by atoms with Crippen molar-refractivity contribution in [3.05, 3.63) is 49.7 Å². The highest BCUT2D eigenvalue weighted by atomic mass is 35.5. The van der Waals surface area contributed by atoms with Crippen molar-refractivity contribution in [3.63, 3.8) is 0 Å². The van der Waals surface area contributed by atoms with E-state index in [0.717, 1.165) is 4.88 Å². The van der Waals surface area contributed by atoms with Gasteiger partial charge < -0.3 is 11.1 Å². The van der Waals surface area contributed by atoms with Crippen LogP contribution in [-0.2, 0) is 6.54 Å². The number of nitro groups is 1. The van der Waals surface area contributed by atoms with Crippen molar-refractivity contribution in [1.29, 1.82) is 0 Å². The van der Waals surface area contributed by atoms with E-state index in [0.29, 0.717) is 22.9 Å². The molecular formula is C11H10ClN3O2S. The Morgan fingerprint density at radius 2 is 2.22 bits per heavy atom. The molecule has 3 N–H and O–H groups in total. The number of nitrogen functional groups attached to an aromatic ring is 1. The topological polar surface area (TPSA) is 81.2 Å². The van der Waals surface area contributed by atoms with Crippen molar-refractivity contribution >= 4 is 40.0 Å². The van der Waals surface area contributed by atoms with Gasteiger partial charge in [-0.3, -0.25) is 10.1 Å². The van der Waals surface area contributed by atoms with E-state index in [2.05, 4.69) is 5.32 Å². The van der Waals surface area contributed by atoms with Crippen LogP contribution in [0.4, 0.5) is 17.1 Å². The summed E-state index contributed by atoms with van der Waals surface area (Å²) in [5.41, 5.74) is 6.80. The second-order valence-electron chi connectivity index (χ2n) is 3.57. The molecule has 0 aliphatic rings. The van der Waals surface area contributed by atoms with Crippen molar-refractivity contribution in [2.45, 2.75) is 6.54 Å². The number of halogens is 1. The predicted octanol–water partition coefficient (Wildman–Crippen LogP) is 3.50. The molecule has 5 nitrogen and oxygen atoms in total. The fourth-order valence-electron chi connectivity index (χ4n) is 1.48. The minimum Gasteiger partial charge on any atom is -0.398 e. The van der Waals surface area contributed by atoms with Gasteiger partial charge in [-0.05, 0) is 23.6 Å². The maximum atomic E-state index is 10.9. The van der Waals surface area contributed by atoms with Crippen molar-refractivity contribution in [2.75, 3.05) is 11.1 Å². The van der Waals surface area contributed by atoms with Gasteiger partial charge in [0.2, 0.25) is 0 Å². The molecule has 2 rings (SSSR count). The van der Waals surface area contributed by atoms with Crippen molar-refractivity contribution < 1.29 is 4.92 Å². The summed E-state index contributed by atoms with van der Waals surface area (Å²) < 4.78 is 0. The van der Waals surface area contributed by atoms with Gasteiger partial charge in [0.05, 0.1) is 11.5 Å². The summed E-state index contributed by atoms with van der Waals surface area (Å²) in [5, 5.41) is 16.2. The van der Waals surface area contributed by atoms with Crippen LogP contribution in [0.3, 0.4) is 0 Å². The first-order chi connectivity index (χ1) is 8.58. The molecule has 0 spiro atoms. The number of rotatable bonds is 4. The van der Waals surface area contributed by atoms with E-state index in [9.17, 15) is 10.1 Å². The highest BCUT2D eigenvalue weighted by Crippen LogP contribution is 2.29. The summed E-state index contributed by atoms with van der Waals surface area (Å²) in [6.07, 6.45) is 0. The predicted molar refractivity (Wildman–Crippen MR) is 74.2 cm³/mol. The summed E-state index contributed by atoms with van der Waals surface area (Å²) in [4.78, 5) is 11.3. The molecule has 0 amide bonds. The van der Waals surface area contributed by atoms with E-state index in [1.165, 1.54) is 29.5 Å². The van der Waals surface area contributed by atoms with E-state index >= 15 is 0 Å². The summed E-state index contributed by atoms with van der Waals surface area (Å²) in [7, 11) is 0. The van der Waals surface area contributed by atoms with Gasteiger partial charge in [-0.15, -0.1) is 11.3 Å². The number of nitrogens with two attached hydrogens (primary N) is 1. The molecule has 7 heteroatoms. The average Bonchev–Trinajstić information content (AvgIpc) is 2.72. The molecule has 0 atom stereocenters. The number of anilines is 2. The Kier molecular flexibility index (Phi) is 3.69. The number of nitro benzene ring substituents is 1. The SMILES string of the molecule is Nc1ccsc1CNc1cc(Cl)ccc1[N+](=O)[O-]. The minimum absolute atomic E-state index is 0.00507. The van der Waals surface area contributed by atoms with Crippen LogP contribution in [0.2, 0.25) is 5.02 Å². The third-order valence-corrected chi connectivity index (χ3v) is 3.55. The van der Waals surface area contributed by atoms with Crippen LogP contribution in [0.15, 0.2) is 29.6 Å². The van der Waals surface area contributed by atoms with E-state index in [-0.39, 0.29) is 5.69 Å². The normalized spacial score (nSPS) is 10.3. The Morgan fingerprint density at radius 1 is 1.44 bits per heavy atom. The second kappa shape index (κ2) is 5.24. The first kappa shape index (κ1) is 12.7. The molecule has 0 aliphatic heterocycles. The van der Waals surface area contributed by atoms with E-state index in [1.54, 1.807) is 6.07 Å². The van der Waals surface area contributed by atoms with Crippen LogP contribution in [0.25, 0.3) is 0 Å². The molecular weight excluding hydrogens is 274 g/mol. The van der Waals surface area contributed by atoms with Gasteiger partial charge in [0.15, 0.2) is 0 Å². The van der Waals surface area contributed by atoms with Gasteiger partial charge >= 0.3 is 0 Å². The summed E-state index contributed by atoms with van der Waals surface area (Å²) in [5.74, 6) is 0. The fraction of sp³-hybridized carbons (Fsp3) is 0.0909. The van der Waals surface area contributed by atoms with Gasteiger partial charge in [0.25, 0.3) is 5.69 Å². The van der Waals surface area contributed by atoms with Crippen LogP contribution in [0.5, 0.6) is 0 Å². The quantitative estimate of drug-likeness (QED) is 0.664. The molecule has 2 aromatic rings. The average molecular weight is 284 g/mol. The Hall–Kier alpha value is -1.79. The van der Waals surface area contributed by atoms with Gasteiger partial charge in [0, 0.05) is 21.7 Å². The zero-order chi connectivity index (χ0) is 13.1. The molecule has 1 aromatic heterocycles. The van der Waals surface area contributed by atoms with Gasteiger partial charge in [0.1, 0.15) is 5.69 Å². The van der Waals surface area contributed by atoms with Crippen LogP contribution < -0.4 is 11.1 Å². The highest BCUT2D eigenvalue weighted by molar-refractivity contribution is 7.10. The Labute approximate surface area is 112 Å². The lowest BCUT2D eigenvalue weighted by molar-refractivity contribution is -0.384. The van der Waals surface area contributed by atoms with Crippen molar-refractivity contribution in [2.24, 2.45) is 0 Å². The minimum atomic E-state index is -0.448. The van der Waals surface area contributed by atoms with E-state index < -0.39 is 4.92 Å². The lowest BCUT2D eigenvalue weighted by Crippen LogP contribution is -2.03. The molecule has 0 bridgehead atoms. The van der Waals surface area contributed by atoms with Gasteiger partial charge in [-0.25, -0.2) is 0 Å². The maximum Gasteiger partial charge on any atom is 0.292 e. The maximum absolute atomic E-state index is 10.9. The number of hydrogen-bond donors (Lipinski definition) is 2. The van der Waals surface area contributed by atoms with Gasteiger partial charge in [-0.1, -0.05) is 11.6 Å². The van der Waals surface area contributed by atoms with E-state index in [1.807, 2.05) is 5.38 Å². The van der Waals surface area contributed by atoms with Crippen molar-refractivity contribution in [1.82, 2.24) is 0 Å².